The van der Waals surface area contributed by atoms with Gasteiger partial charge < -0.3 is 9.88 Å². The van der Waals surface area contributed by atoms with E-state index in [-0.39, 0.29) is 5.78 Å². The number of pyridine rings is 1. The van der Waals surface area contributed by atoms with Crippen LogP contribution in [0.15, 0.2) is 65.7 Å². The predicted molar refractivity (Wildman–Crippen MR) is 115 cm³/mol. The summed E-state index contributed by atoms with van der Waals surface area (Å²) in [6.45, 7) is 2.76. The zero-order chi connectivity index (χ0) is 18.9. The molecule has 0 saturated carbocycles. The van der Waals surface area contributed by atoms with Gasteiger partial charge in [0.2, 0.25) is 0 Å². The summed E-state index contributed by atoms with van der Waals surface area (Å²) in [7, 11) is 0. The fourth-order valence-corrected chi connectivity index (χ4v) is 5.03. The van der Waals surface area contributed by atoms with E-state index in [4.69, 9.17) is 0 Å². The first-order valence-corrected chi connectivity index (χ1v) is 10.6. The van der Waals surface area contributed by atoms with Gasteiger partial charge in [-0.15, -0.1) is 11.8 Å². The van der Waals surface area contributed by atoms with Gasteiger partial charge in [-0.25, -0.2) is 0 Å². The molecule has 2 aromatic heterocycles. The zero-order valence-corrected chi connectivity index (χ0v) is 16.3. The van der Waals surface area contributed by atoms with Crippen molar-refractivity contribution in [3.05, 3.63) is 72.1 Å². The summed E-state index contributed by atoms with van der Waals surface area (Å²) in [5, 5.41) is 5.63. The minimum atomic E-state index is 0.199. The van der Waals surface area contributed by atoms with E-state index in [0.29, 0.717) is 5.75 Å². The van der Waals surface area contributed by atoms with Gasteiger partial charge in [0, 0.05) is 64.7 Å². The molecule has 28 heavy (non-hydrogen) atoms. The summed E-state index contributed by atoms with van der Waals surface area (Å²) >= 11 is 1.58. The molecule has 0 aliphatic carbocycles. The van der Waals surface area contributed by atoms with Crippen molar-refractivity contribution in [1.29, 1.82) is 0 Å². The molecule has 0 fully saturated rings. The Labute approximate surface area is 168 Å². The molecule has 0 amide bonds. The smallest absolute Gasteiger partial charge is 0.175 e. The standard InChI is InChI=1S/C23H21N3OS/c27-20(15-28-21-9-3-5-16-6-4-11-25-23(16)21)22-17-7-1-2-8-18(17)26-14-13-24-12-10-19(22)26/h1-9,11,24H,10,12-15H2. The van der Waals surface area contributed by atoms with Gasteiger partial charge in [0.25, 0.3) is 0 Å². The number of nitrogens with one attached hydrogen (secondary N) is 1. The lowest BCUT2D eigenvalue weighted by Crippen LogP contribution is -2.17. The number of hydrogen-bond donors (Lipinski definition) is 1. The summed E-state index contributed by atoms with van der Waals surface area (Å²) in [5.74, 6) is 0.620. The molecule has 0 radical (unpaired) electrons. The van der Waals surface area contributed by atoms with Crippen LogP contribution in [0.3, 0.4) is 0 Å². The second-order valence-corrected chi connectivity index (χ2v) is 8.05. The van der Waals surface area contributed by atoms with Crippen LogP contribution in [-0.4, -0.2) is 34.2 Å². The monoisotopic (exact) mass is 387 g/mol. The van der Waals surface area contributed by atoms with Crippen LogP contribution in [0.4, 0.5) is 0 Å². The van der Waals surface area contributed by atoms with Crippen LogP contribution in [0.1, 0.15) is 16.1 Å². The molecule has 3 heterocycles. The lowest BCUT2D eigenvalue weighted by Gasteiger charge is -2.08. The van der Waals surface area contributed by atoms with Crippen molar-refractivity contribution in [2.45, 2.75) is 17.9 Å². The highest BCUT2D eigenvalue weighted by Gasteiger charge is 2.23. The second kappa shape index (κ2) is 7.41. The van der Waals surface area contributed by atoms with Gasteiger partial charge in [-0.05, 0) is 18.2 Å². The van der Waals surface area contributed by atoms with E-state index in [2.05, 4.69) is 51.3 Å². The predicted octanol–water partition coefficient (Wildman–Crippen LogP) is 4.31. The van der Waals surface area contributed by atoms with Crippen molar-refractivity contribution in [2.75, 3.05) is 18.8 Å². The lowest BCUT2D eigenvalue weighted by molar-refractivity contribution is 0.102. The summed E-state index contributed by atoms with van der Waals surface area (Å²) in [6, 6.07) is 18.4. The van der Waals surface area contributed by atoms with Gasteiger partial charge in [-0.3, -0.25) is 9.78 Å². The summed E-state index contributed by atoms with van der Waals surface area (Å²) in [5.41, 5.74) is 4.21. The molecule has 0 atom stereocenters. The number of carbonyl (C=O) groups is 1. The minimum Gasteiger partial charge on any atom is -0.343 e. The molecule has 2 aromatic carbocycles. The number of benzene rings is 2. The molecule has 4 aromatic rings. The highest BCUT2D eigenvalue weighted by atomic mass is 32.2. The van der Waals surface area contributed by atoms with Crippen LogP contribution in [-0.2, 0) is 13.0 Å². The normalized spacial score (nSPS) is 14.1. The van der Waals surface area contributed by atoms with Crippen molar-refractivity contribution in [2.24, 2.45) is 0 Å². The van der Waals surface area contributed by atoms with Gasteiger partial charge >= 0.3 is 0 Å². The Morgan fingerprint density at radius 2 is 1.96 bits per heavy atom. The van der Waals surface area contributed by atoms with E-state index in [9.17, 15) is 4.79 Å². The van der Waals surface area contributed by atoms with Gasteiger partial charge in [0.15, 0.2) is 5.78 Å². The minimum absolute atomic E-state index is 0.199. The quantitative estimate of drug-likeness (QED) is 0.419. The van der Waals surface area contributed by atoms with Crippen molar-refractivity contribution in [3.8, 4) is 0 Å². The van der Waals surface area contributed by atoms with Crippen LogP contribution < -0.4 is 5.32 Å². The molecule has 0 saturated heterocycles. The van der Waals surface area contributed by atoms with Crippen molar-refractivity contribution in [1.82, 2.24) is 14.9 Å². The lowest BCUT2D eigenvalue weighted by atomic mass is 10.1. The van der Waals surface area contributed by atoms with E-state index in [1.807, 2.05) is 24.4 Å². The Kier molecular flexibility index (Phi) is 4.63. The maximum atomic E-state index is 13.3. The molecule has 1 aliphatic heterocycles. The first-order valence-electron chi connectivity index (χ1n) is 9.63. The highest BCUT2D eigenvalue weighted by Crippen LogP contribution is 2.31. The number of nitrogens with zero attached hydrogens (tertiary/aromatic N) is 2. The number of Topliss-reactive ketones (excluding diaryl/α,β-unsaturated/α-hetero) is 1. The fourth-order valence-electron chi connectivity index (χ4n) is 4.11. The average molecular weight is 388 g/mol. The van der Waals surface area contributed by atoms with Crippen molar-refractivity contribution >= 4 is 39.4 Å². The maximum Gasteiger partial charge on any atom is 0.175 e. The van der Waals surface area contributed by atoms with E-state index < -0.39 is 0 Å². The average Bonchev–Trinajstić information content (AvgIpc) is 2.87. The van der Waals surface area contributed by atoms with Gasteiger partial charge in [-0.1, -0.05) is 36.4 Å². The Balaban J connectivity index is 1.50. The van der Waals surface area contributed by atoms with Crippen LogP contribution in [0.5, 0.6) is 0 Å². The first kappa shape index (κ1) is 17.5. The molecule has 5 heteroatoms. The molecule has 0 bridgehead atoms. The van der Waals surface area contributed by atoms with E-state index in [1.165, 1.54) is 11.2 Å². The summed E-state index contributed by atoms with van der Waals surface area (Å²) in [6.07, 6.45) is 2.69. The first-order chi connectivity index (χ1) is 13.8. The number of aromatic nitrogens is 2. The van der Waals surface area contributed by atoms with E-state index >= 15 is 0 Å². The third-order valence-electron chi connectivity index (χ3n) is 5.36. The van der Waals surface area contributed by atoms with Crippen molar-refractivity contribution < 1.29 is 4.79 Å². The molecule has 1 aliphatic rings. The Bertz CT molecular complexity index is 1180. The van der Waals surface area contributed by atoms with E-state index in [0.717, 1.165) is 52.8 Å². The van der Waals surface area contributed by atoms with Crippen LogP contribution in [0, 0.1) is 0 Å². The fraction of sp³-hybridized carbons (Fsp3) is 0.217. The Morgan fingerprint density at radius 3 is 2.93 bits per heavy atom. The van der Waals surface area contributed by atoms with Gasteiger partial charge in [-0.2, -0.15) is 0 Å². The number of para-hydroxylation sites is 2. The maximum absolute atomic E-state index is 13.3. The largest absolute Gasteiger partial charge is 0.343 e. The van der Waals surface area contributed by atoms with Crippen LogP contribution >= 0.6 is 11.8 Å². The molecular formula is C23H21N3OS. The van der Waals surface area contributed by atoms with Crippen LogP contribution in [0.2, 0.25) is 0 Å². The summed E-state index contributed by atoms with van der Waals surface area (Å²) < 4.78 is 2.33. The molecule has 1 N–H and O–H groups in total. The SMILES string of the molecule is O=C(CSc1cccc2cccnc12)c1c2n(c3ccccc13)CCNCC2. The highest BCUT2D eigenvalue weighted by molar-refractivity contribution is 8.00. The topological polar surface area (TPSA) is 46.9 Å². The number of rotatable bonds is 4. The van der Waals surface area contributed by atoms with Crippen LogP contribution in [0.25, 0.3) is 21.8 Å². The molecular weight excluding hydrogens is 366 g/mol. The van der Waals surface area contributed by atoms with E-state index in [1.54, 1.807) is 11.8 Å². The molecule has 140 valence electrons. The zero-order valence-electron chi connectivity index (χ0n) is 15.5. The second-order valence-electron chi connectivity index (χ2n) is 7.03. The molecule has 0 spiro atoms. The van der Waals surface area contributed by atoms with Crippen molar-refractivity contribution in [3.63, 3.8) is 0 Å². The Morgan fingerprint density at radius 1 is 1.07 bits per heavy atom. The number of hydrogen-bond acceptors (Lipinski definition) is 4. The Hall–Kier alpha value is -2.63. The molecule has 5 rings (SSSR count). The third kappa shape index (κ3) is 3.01. The number of ketones is 1. The van der Waals surface area contributed by atoms with Gasteiger partial charge in [0.05, 0.1) is 11.3 Å². The number of fused-ring (bicyclic) bond motifs is 4. The third-order valence-corrected chi connectivity index (χ3v) is 6.41. The molecule has 0 unspecified atom stereocenters. The van der Waals surface area contributed by atoms with Gasteiger partial charge in [0.1, 0.15) is 0 Å². The summed E-state index contributed by atoms with van der Waals surface area (Å²) in [4.78, 5) is 18.9. The number of thioether (sulfide) groups is 1. The molecule has 4 nitrogen and oxygen atoms in total. The number of carbonyl (C=O) groups excluding carboxylic acids is 1.